The molecule has 6 heteroatoms. The van der Waals surface area contributed by atoms with Crippen LogP contribution < -0.4 is 4.43 Å². The third-order valence-corrected chi connectivity index (χ3v) is 11.3. The van der Waals surface area contributed by atoms with E-state index < -0.39 is 13.7 Å². The molecule has 1 aromatic heterocycles. The summed E-state index contributed by atoms with van der Waals surface area (Å²) in [5.74, 6) is 0.925. The zero-order chi connectivity index (χ0) is 23.1. The topological polar surface area (TPSA) is 69.4 Å². The first kappa shape index (κ1) is 22.2. The number of hydrogen-bond acceptors (Lipinski definition) is 5. The van der Waals surface area contributed by atoms with E-state index in [1.807, 2.05) is 54.6 Å². The first-order valence-corrected chi connectivity index (χ1v) is 13.8. The molecule has 0 amide bonds. The average Bonchev–Trinajstić information content (AvgIpc) is 3.33. The molecule has 2 atom stereocenters. The van der Waals surface area contributed by atoms with E-state index in [2.05, 4.69) is 39.0 Å². The highest BCUT2D eigenvalue weighted by atomic mass is 28.4. The number of carbonyl (C=O) groups excluding carboxylic acids is 2. The van der Waals surface area contributed by atoms with Crippen LogP contribution in [-0.4, -0.2) is 26.0 Å². The van der Waals surface area contributed by atoms with Crippen LogP contribution in [0.3, 0.4) is 0 Å². The smallest absolute Gasteiger partial charge is 0.250 e. The van der Waals surface area contributed by atoms with Gasteiger partial charge in [0.25, 0.3) is 0 Å². The van der Waals surface area contributed by atoms with Gasteiger partial charge in [-0.3, -0.25) is 0 Å². The minimum Gasteiger partial charge on any atom is -0.544 e. The van der Waals surface area contributed by atoms with Crippen LogP contribution in [0.4, 0.5) is 0 Å². The fraction of sp³-hybridized carbons (Fsp3) is 0.346. The molecule has 0 bridgehead atoms. The van der Waals surface area contributed by atoms with Crippen molar-refractivity contribution >= 4 is 20.9 Å². The molecule has 1 aliphatic rings. The van der Waals surface area contributed by atoms with Gasteiger partial charge in [-0.15, -0.1) is 0 Å². The van der Waals surface area contributed by atoms with E-state index in [9.17, 15) is 9.59 Å². The lowest BCUT2D eigenvalue weighted by Gasteiger charge is -2.36. The maximum absolute atomic E-state index is 12.0. The van der Waals surface area contributed by atoms with Gasteiger partial charge in [-0.25, -0.2) is 0 Å². The van der Waals surface area contributed by atoms with Gasteiger partial charge in [-0.2, -0.15) is 0 Å². The maximum Gasteiger partial charge on any atom is 0.250 e. The van der Waals surface area contributed by atoms with E-state index in [4.69, 9.17) is 8.95 Å². The molecule has 2 aromatic carbocycles. The number of carbonyl (C=O) groups is 2. The molecule has 0 aliphatic heterocycles. The summed E-state index contributed by atoms with van der Waals surface area (Å²) in [6, 6.07) is 17.6. The van der Waals surface area contributed by atoms with E-state index >= 15 is 0 Å². The Balaban J connectivity index is 1.75. The van der Waals surface area contributed by atoms with E-state index in [-0.39, 0.29) is 11.0 Å². The molecule has 0 radical (unpaired) electrons. The molecular weight excluding hydrogens is 418 g/mol. The first-order chi connectivity index (χ1) is 15.1. The largest absolute Gasteiger partial charge is 0.544 e. The van der Waals surface area contributed by atoms with Gasteiger partial charge in [0.1, 0.15) is 24.0 Å². The minimum absolute atomic E-state index is 0.107. The van der Waals surface area contributed by atoms with Gasteiger partial charge in [0, 0.05) is 11.5 Å². The molecule has 0 spiro atoms. The van der Waals surface area contributed by atoms with Crippen molar-refractivity contribution in [3.05, 3.63) is 60.4 Å². The number of aldehydes is 2. The second kappa shape index (κ2) is 7.85. The van der Waals surface area contributed by atoms with Crippen LogP contribution in [0.15, 0.2) is 59.1 Å². The molecule has 166 valence electrons. The average molecular weight is 448 g/mol. The normalized spacial score (nSPS) is 20.6. The third kappa shape index (κ3) is 3.73. The van der Waals surface area contributed by atoms with Gasteiger partial charge in [0.2, 0.25) is 8.32 Å². The van der Waals surface area contributed by atoms with E-state index in [0.717, 1.165) is 35.0 Å². The lowest BCUT2D eigenvalue weighted by molar-refractivity contribution is -0.114. The van der Waals surface area contributed by atoms with Crippen LogP contribution in [0.2, 0.25) is 18.1 Å². The van der Waals surface area contributed by atoms with E-state index in [1.165, 1.54) is 0 Å². The van der Waals surface area contributed by atoms with Crippen LogP contribution in [0.1, 0.15) is 33.0 Å². The quantitative estimate of drug-likeness (QED) is 0.326. The SMILES string of the molecule is CC(C)(C)[Si](C)(C)Oc1ccc(-c2noc(C3(C=O)CC3C=O)c2-c2ccccc2)cc1. The monoisotopic (exact) mass is 447 g/mol. The summed E-state index contributed by atoms with van der Waals surface area (Å²) >= 11 is 0. The molecule has 5 nitrogen and oxygen atoms in total. The highest BCUT2D eigenvalue weighted by molar-refractivity contribution is 6.74. The summed E-state index contributed by atoms with van der Waals surface area (Å²) < 4.78 is 12.1. The third-order valence-electron chi connectivity index (χ3n) is 6.92. The fourth-order valence-electron chi connectivity index (χ4n) is 3.73. The van der Waals surface area contributed by atoms with Crippen molar-refractivity contribution in [2.24, 2.45) is 5.92 Å². The molecule has 32 heavy (non-hydrogen) atoms. The highest BCUT2D eigenvalue weighted by Gasteiger charge is 2.60. The Bertz CT molecular complexity index is 1130. The van der Waals surface area contributed by atoms with Crippen LogP contribution in [0, 0.1) is 5.92 Å². The summed E-state index contributed by atoms with van der Waals surface area (Å²) in [4.78, 5) is 23.4. The molecule has 4 rings (SSSR count). The number of rotatable bonds is 7. The van der Waals surface area contributed by atoms with Gasteiger partial charge >= 0.3 is 0 Å². The molecule has 0 saturated heterocycles. The molecular formula is C26H29NO4Si. The van der Waals surface area contributed by atoms with E-state index in [1.54, 1.807) is 0 Å². The molecule has 0 N–H and O–H groups in total. The van der Waals surface area contributed by atoms with Crippen molar-refractivity contribution in [3.63, 3.8) is 0 Å². The predicted octanol–water partition coefficient (Wildman–Crippen LogP) is 6.05. The van der Waals surface area contributed by atoms with Gasteiger partial charge in [0.05, 0.1) is 11.0 Å². The van der Waals surface area contributed by atoms with Gasteiger partial charge in [-0.05, 0) is 54.4 Å². The lowest BCUT2D eigenvalue weighted by atomic mass is 9.91. The Morgan fingerprint density at radius 1 is 1.03 bits per heavy atom. The van der Waals surface area contributed by atoms with Crippen molar-refractivity contribution in [2.45, 2.75) is 50.7 Å². The van der Waals surface area contributed by atoms with Crippen LogP contribution >= 0.6 is 0 Å². The summed E-state index contributed by atoms with van der Waals surface area (Å²) in [6.45, 7) is 11.1. The van der Waals surface area contributed by atoms with E-state index in [0.29, 0.717) is 17.9 Å². The summed E-state index contributed by atoms with van der Waals surface area (Å²) in [5.41, 5.74) is 2.26. The minimum atomic E-state index is -1.94. The summed E-state index contributed by atoms with van der Waals surface area (Å²) in [6.07, 6.45) is 2.12. The van der Waals surface area contributed by atoms with Crippen molar-refractivity contribution < 1.29 is 18.5 Å². The summed E-state index contributed by atoms with van der Waals surface area (Å²) in [7, 11) is -1.94. The Kier molecular flexibility index (Phi) is 5.45. The van der Waals surface area contributed by atoms with Crippen molar-refractivity contribution in [2.75, 3.05) is 0 Å². The second-order valence-electron chi connectivity index (χ2n) is 10.1. The van der Waals surface area contributed by atoms with Crippen LogP contribution in [0.25, 0.3) is 22.4 Å². The Morgan fingerprint density at radius 3 is 2.22 bits per heavy atom. The Morgan fingerprint density at radius 2 is 1.69 bits per heavy atom. The maximum atomic E-state index is 12.0. The van der Waals surface area contributed by atoms with Gasteiger partial charge in [-0.1, -0.05) is 56.3 Å². The standard InChI is InChI=1S/C26H29NO4Si/c1-25(2,3)32(4,5)31-21-13-11-19(12-14-21)23-22(18-9-7-6-8-10-18)24(30-27-23)26(17-29)15-20(26)16-28/h6-14,16-17,20H,15H2,1-5H3. The predicted molar refractivity (Wildman–Crippen MR) is 127 cm³/mol. The number of benzene rings is 2. The van der Waals surface area contributed by atoms with Crippen LogP contribution in [0.5, 0.6) is 5.75 Å². The Hall–Kier alpha value is -2.99. The van der Waals surface area contributed by atoms with Crippen molar-refractivity contribution in [3.8, 4) is 28.1 Å². The van der Waals surface area contributed by atoms with Crippen molar-refractivity contribution in [1.82, 2.24) is 5.16 Å². The number of nitrogens with zero attached hydrogens (tertiary/aromatic N) is 1. The molecule has 1 aliphatic carbocycles. The van der Waals surface area contributed by atoms with Gasteiger partial charge < -0.3 is 18.5 Å². The zero-order valence-corrected chi connectivity index (χ0v) is 20.2. The molecule has 1 heterocycles. The van der Waals surface area contributed by atoms with Crippen LogP contribution in [-0.2, 0) is 15.0 Å². The summed E-state index contributed by atoms with van der Waals surface area (Å²) in [5, 5.41) is 4.45. The second-order valence-corrected chi connectivity index (χ2v) is 14.8. The lowest BCUT2D eigenvalue weighted by Crippen LogP contribution is -2.43. The highest BCUT2D eigenvalue weighted by Crippen LogP contribution is 2.55. The van der Waals surface area contributed by atoms with Gasteiger partial charge in [0.15, 0.2) is 5.76 Å². The molecule has 1 fully saturated rings. The number of aromatic nitrogens is 1. The molecule has 2 unspecified atom stereocenters. The molecule has 1 saturated carbocycles. The zero-order valence-electron chi connectivity index (χ0n) is 19.2. The first-order valence-electron chi connectivity index (χ1n) is 10.9. The number of hydrogen-bond donors (Lipinski definition) is 0. The Labute approximate surface area is 189 Å². The fourth-order valence-corrected chi connectivity index (χ4v) is 4.76. The van der Waals surface area contributed by atoms with Crippen molar-refractivity contribution in [1.29, 1.82) is 0 Å². The molecule has 3 aromatic rings.